The summed E-state index contributed by atoms with van der Waals surface area (Å²) < 4.78 is 0. The minimum absolute atomic E-state index is 0. The summed E-state index contributed by atoms with van der Waals surface area (Å²) >= 11 is 4.25. The molecule has 0 rings (SSSR count). The van der Waals surface area contributed by atoms with Gasteiger partial charge in [-0.2, -0.15) is 12.6 Å². The van der Waals surface area contributed by atoms with Crippen LogP contribution < -0.4 is 10.6 Å². The van der Waals surface area contributed by atoms with Gasteiger partial charge in [0.25, 0.3) is 0 Å². The van der Waals surface area contributed by atoms with E-state index in [0.29, 0.717) is 5.75 Å². The molecule has 18 heavy (non-hydrogen) atoms. The predicted molar refractivity (Wildman–Crippen MR) is 77.1 cm³/mol. The van der Waals surface area contributed by atoms with E-state index < -0.39 is 0 Å². The van der Waals surface area contributed by atoms with E-state index in [2.05, 4.69) is 37.2 Å². The molecule has 0 saturated carbocycles. The average molecular weight is 348 g/mol. The van der Waals surface area contributed by atoms with Crippen molar-refractivity contribution in [1.29, 1.82) is 0 Å². The topological polar surface area (TPSA) is 41.1 Å². The zero-order chi connectivity index (χ0) is 12.9. The number of amides is 1. The van der Waals surface area contributed by atoms with Crippen LogP contribution in [0.2, 0.25) is 0 Å². The maximum absolute atomic E-state index is 11.8. The van der Waals surface area contributed by atoms with Crippen LogP contribution in [0.15, 0.2) is 0 Å². The van der Waals surface area contributed by atoms with Gasteiger partial charge in [-0.05, 0) is 25.8 Å². The van der Waals surface area contributed by atoms with Crippen LogP contribution >= 0.6 is 12.6 Å². The Hall–Kier alpha value is 0.884. The summed E-state index contributed by atoms with van der Waals surface area (Å²) in [6.45, 7) is 3.88. The summed E-state index contributed by atoms with van der Waals surface area (Å²) in [5.74, 6) is 0.862. The van der Waals surface area contributed by atoms with Crippen molar-refractivity contribution in [2.24, 2.45) is 5.92 Å². The largest absolute Gasteiger partial charge is 0.473 e. The Morgan fingerprint density at radius 2 is 1.89 bits per heavy atom. The summed E-state index contributed by atoms with van der Waals surface area (Å²) in [6, 6.07) is 0. The van der Waals surface area contributed by atoms with Crippen LogP contribution in [0, 0.1) is 13.0 Å². The second kappa shape index (κ2) is 15.9. The van der Waals surface area contributed by atoms with Crippen LogP contribution in [-0.4, -0.2) is 24.7 Å². The van der Waals surface area contributed by atoms with Gasteiger partial charge in [0.2, 0.25) is 5.91 Å². The molecule has 105 valence electrons. The van der Waals surface area contributed by atoms with Crippen molar-refractivity contribution in [1.82, 2.24) is 10.6 Å². The Morgan fingerprint density at radius 1 is 1.22 bits per heavy atom. The third-order valence-electron chi connectivity index (χ3n) is 2.83. The first-order chi connectivity index (χ1) is 8.26. The molecule has 0 fully saturated rings. The third kappa shape index (κ3) is 11.9. The maximum Gasteiger partial charge on any atom is 0.223 e. The van der Waals surface area contributed by atoms with E-state index in [9.17, 15) is 4.79 Å². The van der Waals surface area contributed by atoms with E-state index in [1.807, 2.05) is 0 Å². The molecule has 0 aromatic heterocycles. The number of thiol groups is 1. The summed E-state index contributed by atoms with van der Waals surface area (Å²) in [5.41, 5.74) is 0. The molecule has 0 spiro atoms. The first-order valence-electron chi connectivity index (χ1n) is 6.64. The number of rotatable bonds is 11. The smallest absolute Gasteiger partial charge is 0.223 e. The molecule has 1 amide bonds. The molecule has 0 saturated heterocycles. The van der Waals surface area contributed by atoms with Crippen molar-refractivity contribution >= 4 is 18.5 Å². The zero-order valence-corrected chi connectivity index (χ0v) is 15.3. The van der Waals surface area contributed by atoms with Crippen molar-refractivity contribution in [3.63, 3.8) is 0 Å². The van der Waals surface area contributed by atoms with E-state index in [-0.39, 0.29) is 44.5 Å². The van der Waals surface area contributed by atoms with Crippen LogP contribution in [0.1, 0.15) is 45.4 Å². The number of hydrogen-bond donors (Lipinski definition) is 3. The fourth-order valence-corrected chi connectivity index (χ4v) is 2.03. The first kappa shape index (κ1) is 21.2. The second-order valence-electron chi connectivity index (χ2n) is 4.37. The molecular formula is C13H27N2OSY-. The fourth-order valence-electron chi connectivity index (χ4n) is 1.68. The van der Waals surface area contributed by atoms with Gasteiger partial charge < -0.3 is 10.6 Å². The van der Waals surface area contributed by atoms with Gasteiger partial charge in [0.15, 0.2) is 0 Å². The van der Waals surface area contributed by atoms with E-state index >= 15 is 0 Å². The molecule has 3 nitrogen and oxygen atoms in total. The minimum Gasteiger partial charge on any atom is -0.473 e. The molecule has 0 bridgehead atoms. The Bertz CT molecular complexity index is 194. The van der Waals surface area contributed by atoms with Gasteiger partial charge >= 0.3 is 0 Å². The fraction of sp³-hybridized carbons (Fsp3) is 0.846. The Morgan fingerprint density at radius 3 is 2.44 bits per heavy atom. The molecule has 0 aliphatic carbocycles. The van der Waals surface area contributed by atoms with Gasteiger partial charge in [0.05, 0.1) is 0 Å². The molecule has 0 heterocycles. The van der Waals surface area contributed by atoms with E-state index in [1.54, 1.807) is 0 Å². The number of hydrogen-bond acceptors (Lipinski definition) is 3. The zero-order valence-electron chi connectivity index (χ0n) is 11.6. The van der Waals surface area contributed by atoms with Crippen LogP contribution in [0.3, 0.4) is 0 Å². The van der Waals surface area contributed by atoms with Gasteiger partial charge in [-0.25, -0.2) is 0 Å². The normalized spacial score (nSPS) is 11.7. The second-order valence-corrected chi connectivity index (χ2v) is 4.74. The van der Waals surface area contributed by atoms with Crippen molar-refractivity contribution in [3.05, 3.63) is 7.05 Å². The SMILES string of the molecule is [CH2-]NCCCCC(CS)C(=O)NCCCCC.[Y]. The van der Waals surface area contributed by atoms with Crippen LogP contribution in [-0.2, 0) is 37.5 Å². The van der Waals surface area contributed by atoms with Gasteiger partial charge in [-0.3, -0.25) is 11.8 Å². The summed E-state index contributed by atoms with van der Waals surface area (Å²) in [7, 11) is 3.57. The Balaban J connectivity index is 0. The number of carbonyl (C=O) groups is 1. The quantitative estimate of drug-likeness (QED) is 0.305. The van der Waals surface area contributed by atoms with Gasteiger partial charge in [-0.1, -0.05) is 26.2 Å². The maximum atomic E-state index is 11.8. The molecule has 1 unspecified atom stereocenters. The van der Waals surface area contributed by atoms with Crippen molar-refractivity contribution in [3.8, 4) is 0 Å². The van der Waals surface area contributed by atoms with Crippen molar-refractivity contribution in [2.75, 3.05) is 18.8 Å². The van der Waals surface area contributed by atoms with Crippen molar-refractivity contribution < 1.29 is 37.5 Å². The molecule has 5 heteroatoms. The van der Waals surface area contributed by atoms with E-state index in [4.69, 9.17) is 0 Å². The predicted octanol–water partition coefficient (Wildman–Crippen LogP) is 2.39. The first-order valence-corrected chi connectivity index (χ1v) is 7.28. The van der Waals surface area contributed by atoms with Crippen molar-refractivity contribution in [2.45, 2.75) is 45.4 Å². The molecule has 0 aliphatic rings. The summed E-state index contributed by atoms with van der Waals surface area (Å²) in [6.07, 6.45) is 6.48. The van der Waals surface area contributed by atoms with Crippen LogP contribution in [0.4, 0.5) is 0 Å². The van der Waals surface area contributed by atoms with E-state index in [0.717, 1.165) is 38.8 Å². The molecule has 2 N–H and O–H groups in total. The number of nitrogens with one attached hydrogen (secondary N) is 2. The van der Waals surface area contributed by atoms with Gasteiger partial charge in [0, 0.05) is 50.9 Å². The molecule has 1 atom stereocenters. The molecular weight excluding hydrogens is 321 g/mol. The standard InChI is InChI=1S/C13H27N2OS.Y/c1-3-4-6-10-15-13(16)12(11-17)8-5-7-9-14-2;/h12,14,17H,2-11H2,1H3,(H,15,16);/q-1;. The molecule has 0 aliphatic heterocycles. The number of unbranched alkanes of at least 4 members (excludes halogenated alkanes) is 3. The monoisotopic (exact) mass is 348 g/mol. The van der Waals surface area contributed by atoms with Crippen LogP contribution in [0.5, 0.6) is 0 Å². The Kier molecular flexibility index (Phi) is 18.8. The Labute approximate surface area is 143 Å². The molecule has 0 aromatic carbocycles. The van der Waals surface area contributed by atoms with Gasteiger partial charge in [-0.15, -0.1) is 0 Å². The third-order valence-corrected chi connectivity index (χ3v) is 3.27. The van der Waals surface area contributed by atoms with Crippen LogP contribution in [0.25, 0.3) is 0 Å². The molecule has 1 radical (unpaired) electrons. The minimum atomic E-state index is 0. The number of carbonyl (C=O) groups excluding carboxylic acids is 1. The van der Waals surface area contributed by atoms with Gasteiger partial charge in [0.1, 0.15) is 0 Å². The summed E-state index contributed by atoms with van der Waals surface area (Å²) in [5, 5.41) is 5.86. The van der Waals surface area contributed by atoms with E-state index in [1.165, 1.54) is 12.8 Å². The summed E-state index contributed by atoms with van der Waals surface area (Å²) in [4.78, 5) is 11.8. The average Bonchev–Trinajstić information content (AvgIpc) is 2.34. The molecule has 0 aromatic rings.